The van der Waals surface area contributed by atoms with Gasteiger partial charge in [0.05, 0.1) is 19.4 Å². The minimum atomic E-state index is -1.27. The summed E-state index contributed by atoms with van der Waals surface area (Å²) in [7, 11) is 0. The SMILES string of the molecule is NC(N)=NCc1ccccc1CNc1ncnc2c1ncn2CC(NC(=O)OCc1ccccc1)C(=O)O. The van der Waals surface area contributed by atoms with Crippen LogP contribution in [0.15, 0.2) is 72.2 Å². The van der Waals surface area contributed by atoms with Crippen molar-refractivity contribution in [2.24, 2.45) is 16.5 Å². The number of fused-ring (bicyclic) bond motifs is 1. The highest BCUT2D eigenvalue weighted by Crippen LogP contribution is 2.20. The molecule has 0 fully saturated rings. The number of alkyl carbamates (subject to hydrolysis) is 1. The van der Waals surface area contributed by atoms with Crippen LogP contribution < -0.4 is 22.1 Å². The average molecular weight is 518 g/mol. The zero-order valence-electron chi connectivity index (χ0n) is 20.3. The number of nitrogens with one attached hydrogen (secondary N) is 2. The van der Waals surface area contributed by atoms with Crippen LogP contribution in [0.2, 0.25) is 0 Å². The lowest BCUT2D eigenvalue weighted by molar-refractivity contribution is -0.139. The van der Waals surface area contributed by atoms with E-state index in [9.17, 15) is 14.7 Å². The molecule has 2 aromatic heterocycles. The van der Waals surface area contributed by atoms with Crippen molar-refractivity contribution < 1.29 is 19.4 Å². The minimum Gasteiger partial charge on any atom is -0.480 e. The molecule has 196 valence electrons. The van der Waals surface area contributed by atoms with Gasteiger partial charge in [-0.3, -0.25) is 0 Å². The monoisotopic (exact) mass is 517 g/mol. The number of benzene rings is 2. The van der Waals surface area contributed by atoms with Crippen molar-refractivity contribution in [1.82, 2.24) is 24.8 Å². The molecular weight excluding hydrogens is 490 g/mol. The Morgan fingerprint density at radius 2 is 1.76 bits per heavy atom. The maximum Gasteiger partial charge on any atom is 0.408 e. The predicted molar refractivity (Wildman–Crippen MR) is 140 cm³/mol. The highest BCUT2D eigenvalue weighted by Gasteiger charge is 2.23. The van der Waals surface area contributed by atoms with E-state index in [0.717, 1.165) is 16.7 Å². The summed E-state index contributed by atoms with van der Waals surface area (Å²) >= 11 is 0. The van der Waals surface area contributed by atoms with Gasteiger partial charge in [-0.25, -0.2) is 29.5 Å². The molecule has 4 rings (SSSR count). The fraction of sp³-hybridized carbons (Fsp3) is 0.200. The van der Waals surface area contributed by atoms with E-state index in [0.29, 0.717) is 30.1 Å². The lowest BCUT2D eigenvalue weighted by Gasteiger charge is -2.15. The number of carboxylic acid groups (broad SMARTS) is 1. The van der Waals surface area contributed by atoms with Crippen molar-refractivity contribution in [2.75, 3.05) is 5.32 Å². The highest BCUT2D eigenvalue weighted by atomic mass is 16.5. The molecule has 0 aliphatic heterocycles. The number of aromatic nitrogens is 4. The van der Waals surface area contributed by atoms with Gasteiger partial charge >= 0.3 is 12.1 Å². The molecule has 2 aromatic carbocycles. The lowest BCUT2D eigenvalue weighted by Crippen LogP contribution is -2.43. The Kier molecular flexibility index (Phi) is 8.28. The van der Waals surface area contributed by atoms with Crippen molar-refractivity contribution >= 4 is 35.0 Å². The molecule has 13 heteroatoms. The number of rotatable bonds is 11. The summed E-state index contributed by atoms with van der Waals surface area (Å²) in [5.74, 6) is -0.754. The molecule has 0 radical (unpaired) electrons. The van der Waals surface area contributed by atoms with Crippen molar-refractivity contribution in [1.29, 1.82) is 0 Å². The fourth-order valence-electron chi connectivity index (χ4n) is 3.67. The Hall–Kier alpha value is -5.20. The zero-order chi connectivity index (χ0) is 26.9. The van der Waals surface area contributed by atoms with Crippen LogP contribution in [-0.2, 0) is 35.8 Å². The number of anilines is 1. The smallest absolute Gasteiger partial charge is 0.408 e. The third kappa shape index (κ3) is 6.72. The topological polar surface area (TPSA) is 196 Å². The first-order valence-electron chi connectivity index (χ1n) is 11.6. The standard InChI is InChI=1S/C25H27N9O4/c26-24(27)29-11-18-9-5-4-8-17(18)10-28-21-20-22(31-14-30-21)34(15-32-20)12-19(23(35)36)33-25(37)38-13-16-6-2-1-3-7-16/h1-9,14-15,19H,10-13H2,(H,33,37)(H,35,36)(H4,26,27,29)(H,28,30,31). The van der Waals surface area contributed by atoms with E-state index >= 15 is 0 Å². The van der Waals surface area contributed by atoms with Gasteiger partial charge in [0, 0.05) is 6.54 Å². The largest absolute Gasteiger partial charge is 0.480 e. The Labute approximate surface area is 217 Å². The van der Waals surface area contributed by atoms with Crippen LogP contribution in [0.3, 0.4) is 0 Å². The second-order valence-electron chi connectivity index (χ2n) is 8.25. The van der Waals surface area contributed by atoms with Crippen molar-refractivity contribution in [3.05, 3.63) is 83.9 Å². The Morgan fingerprint density at radius 1 is 1.03 bits per heavy atom. The number of imidazole rings is 1. The number of ether oxygens (including phenoxy) is 1. The van der Waals surface area contributed by atoms with E-state index in [2.05, 4.69) is 30.6 Å². The molecule has 0 aliphatic carbocycles. The molecule has 0 aliphatic rings. The van der Waals surface area contributed by atoms with E-state index in [1.54, 1.807) is 12.1 Å². The summed E-state index contributed by atoms with van der Waals surface area (Å²) in [5, 5.41) is 15.3. The van der Waals surface area contributed by atoms with Gasteiger partial charge in [0.25, 0.3) is 0 Å². The van der Waals surface area contributed by atoms with Gasteiger partial charge in [-0.2, -0.15) is 0 Å². The fourth-order valence-corrected chi connectivity index (χ4v) is 3.67. The molecule has 0 saturated carbocycles. The number of carboxylic acids is 1. The van der Waals surface area contributed by atoms with Gasteiger partial charge < -0.3 is 36.5 Å². The number of guanidine groups is 1. The number of carbonyl (C=O) groups excluding carboxylic acids is 1. The van der Waals surface area contributed by atoms with E-state index < -0.39 is 18.1 Å². The van der Waals surface area contributed by atoms with Crippen molar-refractivity contribution in [2.45, 2.75) is 32.3 Å². The minimum absolute atomic E-state index is 0.00872. The third-order valence-corrected chi connectivity index (χ3v) is 5.58. The molecule has 0 spiro atoms. The Morgan fingerprint density at radius 3 is 2.50 bits per heavy atom. The van der Waals surface area contributed by atoms with Gasteiger partial charge in [0.2, 0.25) is 0 Å². The summed E-state index contributed by atoms with van der Waals surface area (Å²) in [6, 6.07) is 15.5. The molecule has 7 N–H and O–H groups in total. The van der Waals surface area contributed by atoms with E-state index in [1.807, 2.05) is 42.5 Å². The molecule has 38 heavy (non-hydrogen) atoms. The molecule has 0 saturated heterocycles. The van der Waals surface area contributed by atoms with Gasteiger partial charge in [0.15, 0.2) is 17.4 Å². The summed E-state index contributed by atoms with van der Waals surface area (Å²) in [4.78, 5) is 41.1. The number of nitrogens with zero attached hydrogens (tertiary/aromatic N) is 5. The summed E-state index contributed by atoms with van der Waals surface area (Å²) in [5.41, 5.74) is 14.5. The Balaban J connectivity index is 1.43. The van der Waals surface area contributed by atoms with Crippen LogP contribution in [0.5, 0.6) is 0 Å². The normalized spacial score (nSPS) is 11.5. The number of hydrogen-bond acceptors (Lipinski definition) is 8. The van der Waals surface area contributed by atoms with Gasteiger partial charge in [0.1, 0.15) is 24.5 Å². The molecule has 4 aromatic rings. The molecule has 0 bridgehead atoms. The second kappa shape index (κ2) is 12.2. The number of hydrogen-bond donors (Lipinski definition) is 5. The molecular formula is C25H27N9O4. The lowest BCUT2D eigenvalue weighted by atomic mass is 10.1. The Bertz CT molecular complexity index is 1440. The number of carbonyl (C=O) groups is 2. The zero-order valence-corrected chi connectivity index (χ0v) is 20.3. The summed E-state index contributed by atoms with van der Waals surface area (Å²) < 4.78 is 6.69. The van der Waals surface area contributed by atoms with E-state index in [-0.39, 0.29) is 19.1 Å². The molecule has 1 atom stereocenters. The third-order valence-electron chi connectivity index (χ3n) is 5.58. The van der Waals surface area contributed by atoms with Gasteiger partial charge in [-0.05, 0) is 16.7 Å². The van der Waals surface area contributed by atoms with Gasteiger partial charge in [-0.15, -0.1) is 0 Å². The first-order valence-corrected chi connectivity index (χ1v) is 11.6. The van der Waals surface area contributed by atoms with Crippen LogP contribution in [0.4, 0.5) is 10.6 Å². The maximum absolute atomic E-state index is 12.2. The van der Waals surface area contributed by atoms with Gasteiger partial charge in [-0.1, -0.05) is 54.6 Å². The van der Waals surface area contributed by atoms with Crippen LogP contribution in [0, 0.1) is 0 Å². The highest BCUT2D eigenvalue weighted by molar-refractivity contribution is 5.83. The van der Waals surface area contributed by atoms with E-state index in [1.165, 1.54) is 17.2 Å². The molecule has 1 unspecified atom stereocenters. The number of aliphatic imine (C=N–C) groups is 1. The van der Waals surface area contributed by atoms with Crippen LogP contribution in [-0.4, -0.2) is 48.7 Å². The summed E-state index contributed by atoms with van der Waals surface area (Å²) in [6.07, 6.45) is 1.96. The molecule has 13 nitrogen and oxygen atoms in total. The van der Waals surface area contributed by atoms with Crippen molar-refractivity contribution in [3.63, 3.8) is 0 Å². The number of aliphatic carboxylic acids is 1. The first kappa shape index (κ1) is 25.9. The second-order valence-corrected chi connectivity index (χ2v) is 8.25. The maximum atomic E-state index is 12.2. The summed E-state index contributed by atoms with van der Waals surface area (Å²) in [6.45, 7) is 0.654. The molecule has 2 heterocycles. The number of nitrogens with two attached hydrogens (primary N) is 2. The average Bonchev–Trinajstić information content (AvgIpc) is 3.33. The van der Waals surface area contributed by atoms with Crippen LogP contribution in [0.1, 0.15) is 16.7 Å². The van der Waals surface area contributed by atoms with Crippen molar-refractivity contribution in [3.8, 4) is 0 Å². The quantitative estimate of drug-likeness (QED) is 0.144. The predicted octanol–water partition coefficient (Wildman–Crippen LogP) is 1.59. The molecule has 1 amide bonds. The van der Waals surface area contributed by atoms with Crippen LogP contribution >= 0.6 is 0 Å². The number of amides is 1. The first-order chi connectivity index (χ1) is 18.4. The van der Waals surface area contributed by atoms with E-state index in [4.69, 9.17) is 16.2 Å². The van der Waals surface area contributed by atoms with Crippen LogP contribution in [0.25, 0.3) is 11.2 Å².